The van der Waals surface area contributed by atoms with E-state index in [-0.39, 0.29) is 18.5 Å². The minimum atomic E-state index is -1.02. The second-order valence-electron chi connectivity index (χ2n) is 8.35. The van der Waals surface area contributed by atoms with Crippen molar-refractivity contribution >= 4 is 17.3 Å². The summed E-state index contributed by atoms with van der Waals surface area (Å²) in [5, 5.41) is 45.5. The number of pyridine rings is 1. The van der Waals surface area contributed by atoms with Gasteiger partial charge in [-0.15, -0.1) is 5.10 Å². The molecule has 12 nitrogen and oxygen atoms in total. The first kappa shape index (κ1) is 21.9. The van der Waals surface area contributed by atoms with Crippen LogP contribution in [0.5, 0.6) is 0 Å². The van der Waals surface area contributed by atoms with Gasteiger partial charge in [0.15, 0.2) is 0 Å². The lowest BCUT2D eigenvalue weighted by Crippen LogP contribution is -2.41. The fraction of sp³-hybridized carbons (Fsp3) is 0.261. The molecule has 0 aliphatic heterocycles. The quantitative estimate of drug-likeness (QED) is 0.369. The zero-order valence-electron chi connectivity index (χ0n) is 18.5. The van der Waals surface area contributed by atoms with Gasteiger partial charge < -0.3 is 15.7 Å². The lowest BCUT2D eigenvalue weighted by molar-refractivity contribution is 0.186. The number of fused-ring (bicyclic) bond motifs is 1. The lowest BCUT2D eigenvalue weighted by atomic mass is 9.80. The maximum absolute atomic E-state index is 10.8. The van der Waals surface area contributed by atoms with Crippen molar-refractivity contribution in [1.29, 1.82) is 10.5 Å². The third kappa shape index (κ3) is 4.45. The number of nitriles is 2. The highest BCUT2D eigenvalue weighted by molar-refractivity contribution is 5.79. The Balaban J connectivity index is 1.46. The van der Waals surface area contributed by atoms with Gasteiger partial charge in [0, 0.05) is 30.0 Å². The predicted octanol–water partition coefficient (Wildman–Crippen LogP) is 2.51. The van der Waals surface area contributed by atoms with Crippen LogP contribution >= 0.6 is 0 Å². The van der Waals surface area contributed by atoms with Gasteiger partial charge in [-0.2, -0.15) is 15.6 Å². The van der Waals surface area contributed by atoms with Crippen LogP contribution in [0.2, 0.25) is 0 Å². The number of carbonyl (C=O) groups is 1. The molecule has 4 aromatic rings. The molecule has 12 heteroatoms. The molecule has 4 heterocycles. The Morgan fingerprint density at radius 3 is 2.83 bits per heavy atom. The summed E-state index contributed by atoms with van der Waals surface area (Å²) in [6, 6.07) is 11.8. The van der Waals surface area contributed by atoms with Crippen LogP contribution in [0.25, 0.3) is 28.2 Å². The van der Waals surface area contributed by atoms with Crippen LogP contribution in [0.15, 0.2) is 42.9 Å². The van der Waals surface area contributed by atoms with Crippen LogP contribution in [0, 0.1) is 28.6 Å². The number of nitrogens with one attached hydrogen (secondary N) is 2. The number of carboxylic acid groups (broad SMARTS) is 1. The molecule has 35 heavy (non-hydrogen) atoms. The number of anilines is 1. The van der Waals surface area contributed by atoms with Crippen LogP contribution in [0.1, 0.15) is 18.4 Å². The van der Waals surface area contributed by atoms with Crippen molar-refractivity contribution in [2.75, 3.05) is 11.9 Å². The normalized spacial score (nSPS) is 16.7. The number of aromatic nitrogens is 6. The second kappa shape index (κ2) is 9.11. The number of hydrogen-bond acceptors (Lipinski definition) is 8. The van der Waals surface area contributed by atoms with Crippen LogP contribution in [-0.4, -0.2) is 53.4 Å². The first-order valence-corrected chi connectivity index (χ1v) is 10.9. The minimum absolute atomic E-state index is 0.0919. The molecule has 0 unspecified atom stereocenters. The molecular weight excluding hydrogens is 448 g/mol. The van der Waals surface area contributed by atoms with Gasteiger partial charge in [0.2, 0.25) is 0 Å². The summed E-state index contributed by atoms with van der Waals surface area (Å²) in [5.74, 6) is 0.276. The van der Waals surface area contributed by atoms with Crippen molar-refractivity contribution in [1.82, 2.24) is 34.9 Å². The molecule has 4 aromatic heterocycles. The molecule has 3 N–H and O–H groups in total. The fourth-order valence-electron chi connectivity index (χ4n) is 4.22. The van der Waals surface area contributed by atoms with E-state index in [9.17, 15) is 4.79 Å². The van der Waals surface area contributed by atoms with Crippen molar-refractivity contribution in [3.63, 3.8) is 0 Å². The summed E-state index contributed by atoms with van der Waals surface area (Å²) in [7, 11) is 0. The van der Waals surface area contributed by atoms with Gasteiger partial charge in [-0.25, -0.2) is 14.0 Å². The summed E-state index contributed by atoms with van der Waals surface area (Å²) < 4.78 is 3.19. The number of rotatable bonds is 7. The SMILES string of the molecule is N#CCn1cc(-c2cnc(-c3ccc4cc(C#N)cnn34)cc2N[C@H]2C[C@H](CNC(=O)O)C2)nn1. The predicted molar refractivity (Wildman–Crippen MR) is 124 cm³/mol. The zero-order chi connectivity index (χ0) is 24.4. The molecule has 0 bridgehead atoms. The molecular formula is C23H20N10O2. The van der Waals surface area contributed by atoms with E-state index in [1.165, 1.54) is 10.9 Å². The molecule has 0 spiro atoms. The second-order valence-corrected chi connectivity index (χ2v) is 8.35. The molecule has 0 radical (unpaired) electrons. The third-order valence-electron chi connectivity index (χ3n) is 5.98. The number of amides is 1. The standard InChI is InChI=1S/C23H20N10O2/c24-3-4-32-13-21(30-31-32)18-12-26-20(22-2-1-17-7-15(9-25)11-28-33(17)22)8-19(18)29-16-5-14(6-16)10-27-23(34)35/h1-2,7-8,11-14,16,27H,4-6,10H2,(H,26,29)(H,34,35)/t14-,16-. The van der Waals surface area contributed by atoms with Crippen LogP contribution in [0.4, 0.5) is 10.5 Å². The van der Waals surface area contributed by atoms with E-state index < -0.39 is 6.09 Å². The molecule has 1 saturated carbocycles. The van der Waals surface area contributed by atoms with Crippen molar-refractivity contribution in [2.24, 2.45) is 5.92 Å². The van der Waals surface area contributed by atoms with Crippen LogP contribution in [0.3, 0.4) is 0 Å². The summed E-state index contributed by atoms with van der Waals surface area (Å²) in [6.07, 6.45) is 5.55. The third-order valence-corrected chi connectivity index (χ3v) is 5.98. The van der Waals surface area contributed by atoms with Crippen molar-refractivity contribution < 1.29 is 9.90 Å². The smallest absolute Gasteiger partial charge is 0.404 e. The lowest BCUT2D eigenvalue weighted by Gasteiger charge is -2.36. The van der Waals surface area contributed by atoms with Crippen LogP contribution in [-0.2, 0) is 6.54 Å². The molecule has 5 rings (SSSR count). The van der Waals surface area contributed by atoms with Gasteiger partial charge in [0.25, 0.3) is 0 Å². The van der Waals surface area contributed by atoms with Gasteiger partial charge in [0.1, 0.15) is 18.3 Å². The van der Waals surface area contributed by atoms with Crippen molar-refractivity contribution in [3.8, 4) is 34.8 Å². The Morgan fingerprint density at radius 1 is 1.20 bits per heavy atom. The average molecular weight is 468 g/mol. The largest absolute Gasteiger partial charge is 0.465 e. The van der Waals surface area contributed by atoms with Gasteiger partial charge >= 0.3 is 6.09 Å². The van der Waals surface area contributed by atoms with E-state index in [4.69, 9.17) is 15.6 Å². The minimum Gasteiger partial charge on any atom is -0.465 e. The highest BCUT2D eigenvalue weighted by atomic mass is 16.4. The van der Waals surface area contributed by atoms with Gasteiger partial charge in [-0.1, -0.05) is 5.21 Å². The van der Waals surface area contributed by atoms with Gasteiger partial charge in [0.05, 0.1) is 40.9 Å². The number of nitrogens with zero attached hydrogens (tertiary/aromatic N) is 8. The topological polar surface area (TPSA) is 170 Å². The van der Waals surface area contributed by atoms with E-state index in [0.717, 1.165) is 35.3 Å². The summed E-state index contributed by atoms with van der Waals surface area (Å²) in [5.41, 5.74) is 4.84. The highest BCUT2D eigenvalue weighted by Crippen LogP contribution is 2.35. The van der Waals surface area contributed by atoms with E-state index >= 15 is 0 Å². The first-order chi connectivity index (χ1) is 17.0. The van der Waals surface area contributed by atoms with E-state index in [1.54, 1.807) is 23.0 Å². The van der Waals surface area contributed by atoms with Crippen molar-refractivity contribution in [3.05, 3.63) is 48.4 Å². The Labute approximate surface area is 199 Å². The van der Waals surface area contributed by atoms with E-state index in [0.29, 0.717) is 23.5 Å². The molecule has 0 saturated heterocycles. The Morgan fingerprint density at radius 2 is 2.06 bits per heavy atom. The zero-order valence-corrected chi connectivity index (χ0v) is 18.5. The molecule has 1 aliphatic carbocycles. The van der Waals surface area contributed by atoms with E-state index in [1.807, 2.05) is 24.3 Å². The Kier molecular flexibility index (Phi) is 5.69. The first-order valence-electron chi connectivity index (χ1n) is 10.9. The highest BCUT2D eigenvalue weighted by Gasteiger charge is 2.30. The summed E-state index contributed by atoms with van der Waals surface area (Å²) in [6.45, 7) is 0.519. The molecule has 1 aliphatic rings. The van der Waals surface area contributed by atoms with E-state index in [2.05, 4.69) is 37.1 Å². The van der Waals surface area contributed by atoms with Crippen molar-refractivity contribution in [2.45, 2.75) is 25.4 Å². The molecule has 174 valence electrons. The Hall–Kier alpha value is -4.97. The molecule has 0 aromatic carbocycles. The van der Waals surface area contributed by atoms with Crippen LogP contribution < -0.4 is 10.6 Å². The molecule has 1 amide bonds. The maximum atomic E-state index is 10.8. The fourth-order valence-corrected chi connectivity index (χ4v) is 4.22. The summed E-state index contributed by atoms with van der Waals surface area (Å²) in [4.78, 5) is 15.4. The molecule has 0 atom stereocenters. The molecule has 1 fully saturated rings. The Bertz CT molecular complexity index is 1490. The number of hydrogen-bond donors (Lipinski definition) is 3. The van der Waals surface area contributed by atoms with Gasteiger partial charge in [-0.05, 0) is 43.0 Å². The monoisotopic (exact) mass is 468 g/mol. The summed E-state index contributed by atoms with van der Waals surface area (Å²) >= 11 is 0. The van der Waals surface area contributed by atoms with Gasteiger partial charge in [-0.3, -0.25) is 4.98 Å². The average Bonchev–Trinajstić information content (AvgIpc) is 3.47. The maximum Gasteiger partial charge on any atom is 0.404 e.